The van der Waals surface area contributed by atoms with E-state index in [9.17, 15) is 4.39 Å². The fourth-order valence-corrected chi connectivity index (χ4v) is 1.56. The lowest BCUT2D eigenvalue weighted by Crippen LogP contribution is -2.13. The van der Waals surface area contributed by atoms with Crippen molar-refractivity contribution in [2.75, 3.05) is 0 Å². The van der Waals surface area contributed by atoms with Crippen LogP contribution in [0.15, 0.2) is 16.6 Å². The molecule has 1 aromatic rings. The Labute approximate surface area is 87.3 Å². The molecule has 0 aromatic heterocycles. The summed E-state index contributed by atoms with van der Waals surface area (Å²) in [6.07, 6.45) is 0. The van der Waals surface area contributed by atoms with E-state index in [1.165, 1.54) is 0 Å². The number of hydrogen-bond acceptors (Lipinski definition) is 0. The second-order valence-electron chi connectivity index (χ2n) is 4.33. The fourth-order valence-electron chi connectivity index (χ4n) is 1.22. The lowest BCUT2D eigenvalue weighted by Gasteiger charge is -2.20. The van der Waals surface area contributed by atoms with Gasteiger partial charge in [-0.15, -0.1) is 0 Å². The number of rotatable bonds is 0. The summed E-state index contributed by atoms with van der Waals surface area (Å²) < 4.78 is 14.5. The van der Waals surface area contributed by atoms with Crippen LogP contribution in [-0.4, -0.2) is 0 Å². The van der Waals surface area contributed by atoms with Gasteiger partial charge in [0.2, 0.25) is 0 Å². The number of benzene rings is 1. The topological polar surface area (TPSA) is 0 Å². The van der Waals surface area contributed by atoms with Crippen LogP contribution >= 0.6 is 15.9 Å². The van der Waals surface area contributed by atoms with Crippen molar-refractivity contribution >= 4 is 15.9 Å². The molecular weight excluding hydrogens is 231 g/mol. The van der Waals surface area contributed by atoms with Crippen LogP contribution < -0.4 is 0 Å². The van der Waals surface area contributed by atoms with E-state index in [1.807, 2.05) is 33.8 Å². The van der Waals surface area contributed by atoms with Crippen LogP contribution in [0.25, 0.3) is 0 Å². The quantitative estimate of drug-likeness (QED) is 0.642. The largest absolute Gasteiger partial charge is 0.207 e. The smallest absolute Gasteiger partial charge is 0.127 e. The third-order valence-electron chi connectivity index (χ3n) is 2.06. The standard InChI is InChI=1S/C11H14BrF/c1-7-5-10(13)8(6-9(7)12)11(2,3)4/h5-6H,1-4H3. The molecule has 0 saturated carbocycles. The van der Waals surface area contributed by atoms with E-state index < -0.39 is 0 Å². The summed E-state index contributed by atoms with van der Waals surface area (Å²) in [4.78, 5) is 0. The zero-order chi connectivity index (χ0) is 10.2. The van der Waals surface area contributed by atoms with E-state index in [0.717, 1.165) is 15.6 Å². The van der Waals surface area contributed by atoms with Gasteiger partial charge in [0.05, 0.1) is 0 Å². The molecule has 0 N–H and O–H groups in total. The van der Waals surface area contributed by atoms with Crippen LogP contribution in [0, 0.1) is 12.7 Å². The Morgan fingerprint density at radius 1 is 1.23 bits per heavy atom. The summed E-state index contributed by atoms with van der Waals surface area (Å²) in [5.74, 6) is -0.117. The lowest BCUT2D eigenvalue weighted by molar-refractivity contribution is 0.522. The molecule has 1 aromatic carbocycles. The first-order valence-electron chi connectivity index (χ1n) is 4.28. The summed E-state index contributed by atoms with van der Waals surface area (Å²) >= 11 is 3.41. The molecule has 0 radical (unpaired) electrons. The van der Waals surface area contributed by atoms with Gasteiger partial charge in [0, 0.05) is 4.47 Å². The average molecular weight is 245 g/mol. The maximum Gasteiger partial charge on any atom is 0.127 e. The highest BCUT2D eigenvalue weighted by atomic mass is 79.9. The van der Waals surface area contributed by atoms with Crippen molar-refractivity contribution in [1.82, 2.24) is 0 Å². The van der Waals surface area contributed by atoms with Gasteiger partial charge in [0.15, 0.2) is 0 Å². The summed E-state index contributed by atoms with van der Waals surface area (Å²) in [5.41, 5.74) is 1.55. The SMILES string of the molecule is Cc1cc(F)c(C(C)(C)C)cc1Br. The molecule has 0 nitrogen and oxygen atoms in total. The highest BCUT2D eigenvalue weighted by molar-refractivity contribution is 9.10. The van der Waals surface area contributed by atoms with Gasteiger partial charge in [-0.25, -0.2) is 4.39 Å². The molecule has 0 fully saturated rings. The summed E-state index contributed by atoms with van der Waals surface area (Å²) in [6.45, 7) is 7.91. The Morgan fingerprint density at radius 3 is 2.23 bits per heavy atom. The number of hydrogen-bond donors (Lipinski definition) is 0. The summed E-state index contributed by atoms with van der Waals surface area (Å²) in [5, 5.41) is 0. The molecule has 13 heavy (non-hydrogen) atoms. The third kappa shape index (κ3) is 2.31. The van der Waals surface area contributed by atoms with Gasteiger partial charge in [-0.2, -0.15) is 0 Å². The highest BCUT2D eigenvalue weighted by Crippen LogP contribution is 2.29. The monoisotopic (exact) mass is 244 g/mol. The van der Waals surface area contributed by atoms with Crippen LogP contribution in [-0.2, 0) is 5.41 Å². The molecule has 0 aliphatic rings. The van der Waals surface area contributed by atoms with Crippen molar-refractivity contribution in [1.29, 1.82) is 0 Å². The van der Waals surface area contributed by atoms with Crippen LogP contribution in [0.2, 0.25) is 0 Å². The second-order valence-corrected chi connectivity index (χ2v) is 5.19. The van der Waals surface area contributed by atoms with E-state index in [4.69, 9.17) is 0 Å². The van der Waals surface area contributed by atoms with Gasteiger partial charge in [-0.1, -0.05) is 36.7 Å². The van der Waals surface area contributed by atoms with Crippen LogP contribution in [0.4, 0.5) is 4.39 Å². The Kier molecular flexibility index (Phi) is 2.81. The molecule has 0 amide bonds. The predicted octanol–water partition coefficient (Wildman–Crippen LogP) is 4.19. The van der Waals surface area contributed by atoms with Crippen molar-refractivity contribution in [3.63, 3.8) is 0 Å². The molecule has 0 atom stereocenters. The van der Waals surface area contributed by atoms with Gasteiger partial charge in [0.25, 0.3) is 0 Å². The Balaban J connectivity index is 3.32. The minimum Gasteiger partial charge on any atom is -0.207 e. The molecule has 0 aliphatic heterocycles. The summed E-state index contributed by atoms with van der Waals surface area (Å²) in [6, 6.07) is 3.44. The molecule has 1 rings (SSSR count). The molecule has 0 aliphatic carbocycles. The minimum atomic E-state index is -0.139. The van der Waals surface area contributed by atoms with Gasteiger partial charge in [-0.3, -0.25) is 0 Å². The van der Waals surface area contributed by atoms with Crippen LogP contribution in [0.5, 0.6) is 0 Å². The van der Waals surface area contributed by atoms with E-state index in [2.05, 4.69) is 15.9 Å². The van der Waals surface area contributed by atoms with E-state index in [0.29, 0.717) is 0 Å². The number of aryl methyl sites for hydroxylation is 1. The van der Waals surface area contributed by atoms with E-state index in [1.54, 1.807) is 6.07 Å². The maximum atomic E-state index is 13.5. The minimum absolute atomic E-state index is 0.117. The van der Waals surface area contributed by atoms with Gasteiger partial charge < -0.3 is 0 Å². The predicted molar refractivity (Wildman–Crippen MR) is 57.5 cm³/mol. The van der Waals surface area contributed by atoms with Crippen molar-refractivity contribution in [2.45, 2.75) is 33.1 Å². The van der Waals surface area contributed by atoms with Crippen molar-refractivity contribution in [3.05, 3.63) is 33.5 Å². The zero-order valence-corrected chi connectivity index (χ0v) is 10.00. The zero-order valence-electron chi connectivity index (χ0n) is 8.41. The molecule has 72 valence electrons. The Morgan fingerprint density at radius 2 is 1.77 bits per heavy atom. The molecular formula is C11H14BrF. The molecule has 0 saturated heterocycles. The first-order valence-corrected chi connectivity index (χ1v) is 5.08. The highest BCUT2D eigenvalue weighted by Gasteiger charge is 2.19. The summed E-state index contributed by atoms with van der Waals surface area (Å²) in [7, 11) is 0. The van der Waals surface area contributed by atoms with Crippen molar-refractivity contribution < 1.29 is 4.39 Å². The first-order chi connectivity index (χ1) is 5.82. The van der Waals surface area contributed by atoms with Gasteiger partial charge in [0.1, 0.15) is 5.82 Å². The molecule has 0 unspecified atom stereocenters. The second kappa shape index (κ2) is 3.41. The van der Waals surface area contributed by atoms with Crippen LogP contribution in [0.1, 0.15) is 31.9 Å². The number of halogens is 2. The Bertz CT molecular complexity index is 324. The van der Waals surface area contributed by atoms with Crippen LogP contribution in [0.3, 0.4) is 0 Å². The normalized spacial score (nSPS) is 11.8. The fraction of sp³-hybridized carbons (Fsp3) is 0.455. The first kappa shape index (κ1) is 10.7. The molecule has 0 bridgehead atoms. The lowest BCUT2D eigenvalue weighted by atomic mass is 9.86. The van der Waals surface area contributed by atoms with Gasteiger partial charge >= 0.3 is 0 Å². The van der Waals surface area contributed by atoms with E-state index >= 15 is 0 Å². The maximum absolute atomic E-state index is 13.5. The molecule has 0 heterocycles. The average Bonchev–Trinajstić information content (AvgIpc) is 1.94. The Hall–Kier alpha value is -0.370. The van der Waals surface area contributed by atoms with Crippen molar-refractivity contribution in [3.8, 4) is 0 Å². The molecule has 0 spiro atoms. The third-order valence-corrected chi connectivity index (χ3v) is 2.91. The van der Waals surface area contributed by atoms with E-state index in [-0.39, 0.29) is 11.2 Å². The van der Waals surface area contributed by atoms with Crippen molar-refractivity contribution in [2.24, 2.45) is 0 Å². The van der Waals surface area contributed by atoms with Gasteiger partial charge in [-0.05, 0) is 35.6 Å². The molecule has 2 heteroatoms.